The normalized spacial score (nSPS) is 11.9. The highest BCUT2D eigenvalue weighted by Crippen LogP contribution is 2.14. The predicted octanol–water partition coefficient (Wildman–Crippen LogP) is 0.615. The second-order valence-electron chi connectivity index (χ2n) is 4.28. The first-order valence-electron chi connectivity index (χ1n) is 5.70. The van der Waals surface area contributed by atoms with Crippen LogP contribution in [0.2, 0.25) is 0 Å². The number of anilines is 1. The molecule has 1 aromatic rings. The number of rotatable bonds is 7. The first kappa shape index (κ1) is 14.9. The highest BCUT2D eigenvalue weighted by atomic mass is 32.2. The summed E-state index contributed by atoms with van der Waals surface area (Å²) < 4.78 is 31.4. The van der Waals surface area contributed by atoms with Crippen LogP contribution in [0.3, 0.4) is 0 Å². The van der Waals surface area contributed by atoms with E-state index in [0.29, 0.717) is 19.1 Å². The van der Waals surface area contributed by atoms with Crippen molar-refractivity contribution >= 4 is 15.7 Å². The molecule has 7 heteroatoms. The average molecular weight is 273 g/mol. The Bertz CT molecular complexity index is 474. The van der Waals surface area contributed by atoms with Gasteiger partial charge in [0.25, 0.3) is 0 Å². The van der Waals surface area contributed by atoms with E-state index in [4.69, 9.17) is 10.5 Å². The molecule has 0 radical (unpaired) electrons. The van der Waals surface area contributed by atoms with Gasteiger partial charge in [-0.1, -0.05) is 13.8 Å². The highest BCUT2D eigenvalue weighted by molar-refractivity contribution is 7.89. The molecule has 0 fully saturated rings. The Morgan fingerprint density at radius 2 is 2.22 bits per heavy atom. The molecule has 1 heterocycles. The van der Waals surface area contributed by atoms with E-state index in [0.717, 1.165) is 0 Å². The van der Waals surface area contributed by atoms with Crippen molar-refractivity contribution < 1.29 is 13.2 Å². The lowest BCUT2D eigenvalue weighted by atomic mass is 10.2. The molecule has 0 saturated carbocycles. The molecular formula is C11H19N3O3S. The maximum Gasteiger partial charge on any atom is 0.244 e. The van der Waals surface area contributed by atoms with Crippen molar-refractivity contribution in [2.24, 2.45) is 5.92 Å². The number of nitrogens with one attached hydrogen (secondary N) is 1. The van der Waals surface area contributed by atoms with Crippen molar-refractivity contribution in [3.8, 4) is 0 Å². The van der Waals surface area contributed by atoms with Crippen LogP contribution in [0.4, 0.5) is 5.69 Å². The molecule has 102 valence electrons. The van der Waals surface area contributed by atoms with Crippen LogP contribution >= 0.6 is 0 Å². The van der Waals surface area contributed by atoms with Crippen LogP contribution in [0.25, 0.3) is 0 Å². The Morgan fingerprint density at radius 3 is 2.83 bits per heavy atom. The van der Waals surface area contributed by atoms with E-state index in [-0.39, 0.29) is 17.1 Å². The van der Waals surface area contributed by atoms with Crippen molar-refractivity contribution in [3.63, 3.8) is 0 Å². The minimum Gasteiger partial charge on any atom is -0.398 e. The summed E-state index contributed by atoms with van der Waals surface area (Å²) in [7, 11) is -3.61. The number of aromatic nitrogens is 1. The van der Waals surface area contributed by atoms with Gasteiger partial charge in [-0.15, -0.1) is 0 Å². The van der Waals surface area contributed by atoms with Crippen LogP contribution in [-0.2, 0) is 14.8 Å². The molecular weight excluding hydrogens is 254 g/mol. The Labute approximate surface area is 108 Å². The SMILES string of the molecule is CC(C)COCCNS(=O)(=O)c1cnccc1N. The van der Waals surface area contributed by atoms with Gasteiger partial charge in [0.1, 0.15) is 4.90 Å². The lowest BCUT2D eigenvalue weighted by Crippen LogP contribution is -2.28. The fourth-order valence-electron chi connectivity index (χ4n) is 1.26. The van der Waals surface area contributed by atoms with Crippen LogP contribution in [0.15, 0.2) is 23.4 Å². The number of hydrogen-bond donors (Lipinski definition) is 2. The Morgan fingerprint density at radius 1 is 1.50 bits per heavy atom. The highest BCUT2D eigenvalue weighted by Gasteiger charge is 2.16. The van der Waals surface area contributed by atoms with Gasteiger partial charge in [-0.3, -0.25) is 4.98 Å². The summed E-state index contributed by atoms with van der Waals surface area (Å²) in [5.74, 6) is 0.426. The van der Waals surface area contributed by atoms with Crippen LogP contribution in [-0.4, -0.2) is 33.2 Å². The van der Waals surface area contributed by atoms with Crippen molar-refractivity contribution in [3.05, 3.63) is 18.5 Å². The summed E-state index contributed by atoms with van der Waals surface area (Å²) in [6.45, 7) is 5.21. The number of hydrogen-bond acceptors (Lipinski definition) is 5. The first-order chi connectivity index (χ1) is 8.43. The van der Waals surface area contributed by atoms with Crippen molar-refractivity contribution in [1.82, 2.24) is 9.71 Å². The van der Waals surface area contributed by atoms with Crippen molar-refractivity contribution in [2.45, 2.75) is 18.7 Å². The standard InChI is InChI=1S/C11H19N3O3S/c1-9(2)8-17-6-5-14-18(15,16)11-7-13-4-3-10(11)12/h3-4,7,9,14H,5-6,8H2,1-2H3,(H2,12,13). The molecule has 0 aromatic carbocycles. The number of nitrogen functional groups attached to an aromatic ring is 1. The second kappa shape index (κ2) is 6.67. The zero-order valence-electron chi connectivity index (χ0n) is 10.6. The van der Waals surface area contributed by atoms with Gasteiger partial charge < -0.3 is 10.5 Å². The Kier molecular flexibility index (Phi) is 5.52. The Balaban J connectivity index is 2.49. The van der Waals surface area contributed by atoms with E-state index in [1.54, 1.807) is 0 Å². The minimum atomic E-state index is -3.61. The molecule has 1 aromatic heterocycles. The maximum atomic E-state index is 11.9. The van der Waals surface area contributed by atoms with E-state index in [9.17, 15) is 8.42 Å². The van der Waals surface area contributed by atoms with E-state index in [1.165, 1.54) is 18.5 Å². The monoisotopic (exact) mass is 273 g/mol. The van der Waals surface area contributed by atoms with Gasteiger partial charge in [0.15, 0.2) is 0 Å². The zero-order valence-corrected chi connectivity index (χ0v) is 11.4. The van der Waals surface area contributed by atoms with Crippen molar-refractivity contribution in [2.75, 3.05) is 25.5 Å². The molecule has 0 aliphatic heterocycles. The fraction of sp³-hybridized carbons (Fsp3) is 0.545. The van der Waals surface area contributed by atoms with Gasteiger partial charge >= 0.3 is 0 Å². The lowest BCUT2D eigenvalue weighted by molar-refractivity contribution is 0.114. The third-order valence-electron chi connectivity index (χ3n) is 2.10. The van der Waals surface area contributed by atoms with Gasteiger partial charge in [0, 0.05) is 25.5 Å². The second-order valence-corrected chi connectivity index (χ2v) is 6.02. The van der Waals surface area contributed by atoms with E-state index >= 15 is 0 Å². The summed E-state index contributed by atoms with van der Waals surface area (Å²) in [6.07, 6.45) is 2.67. The van der Waals surface area contributed by atoms with Gasteiger partial charge in [-0.2, -0.15) is 0 Å². The Hall–Kier alpha value is -1.18. The van der Waals surface area contributed by atoms with Gasteiger partial charge in [0.2, 0.25) is 10.0 Å². The summed E-state index contributed by atoms with van der Waals surface area (Å²) in [5.41, 5.74) is 5.77. The van der Waals surface area contributed by atoms with Crippen molar-refractivity contribution in [1.29, 1.82) is 0 Å². The number of ether oxygens (including phenoxy) is 1. The molecule has 0 atom stereocenters. The van der Waals surface area contributed by atoms with Crippen LogP contribution in [0.5, 0.6) is 0 Å². The molecule has 3 N–H and O–H groups in total. The average Bonchev–Trinajstić information content (AvgIpc) is 2.28. The minimum absolute atomic E-state index is 0.00569. The third-order valence-corrected chi connectivity index (χ3v) is 3.60. The van der Waals surface area contributed by atoms with E-state index in [2.05, 4.69) is 9.71 Å². The molecule has 0 unspecified atom stereocenters. The number of nitrogens with zero attached hydrogens (tertiary/aromatic N) is 1. The van der Waals surface area contributed by atoms with Gasteiger partial charge in [-0.05, 0) is 12.0 Å². The lowest BCUT2D eigenvalue weighted by Gasteiger charge is -2.09. The molecule has 0 spiro atoms. The summed E-state index contributed by atoms with van der Waals surface area (Å²) in [4.78, 5) is 3.74. The number of nitrogens with two attached hydrogens (primary N) is 1. The van der Waals surface area contributed by atoms with E-state index < -0.39 is 10.0 Å². The van der Waals surface area contributed by atoms with Crippen LogP contribution < -0.4 is 10.5 Å². The van der Waals surface area contributed by atoms with Gasteiger partial charge in [-0.25, -0.2) is 13.1 Å². The first-order valence-corrected chi connectivity index (χ1v) is 7.18. The summed E-state index contributed by atoms with van der Waals surface area (Å²) in [5, 5.41) is 0. The molecule has 0 saturated heterocycles. The maximum absolute atomic E-state index is 11.9. The third kappa shape index (κ3) is 4.59. The zero-order chi connectivity index (χ0) is 13.6. The van der Waals surface area contributed by atoms with Gasteiger partial charge in [0.05, 0.1) is 12.3 Å². The van der Waals surface area contributed by atoms with Crippen LogP contribution in [0.1, 0.15) is 13.8 Å². The smallest absolute Gasteiger partial charge is 0.244 e. The molecule has 18 heavy (non-hydrogen) atoms. The molecule has 0 aliphatic rings. The summed E-state index contributed by atoms with van der Waals surface area (Å²) >= 11 is 0. The quantitative estimate of drug-likeness (QED) is 0.710. The summed E-state index contributed by atoms with van der Waals surface area (Å²) in [6, 6.07) is 1.45. The van der Waals surface area contributed by atoms with E-state index in [1.807, 2.05) is 13.8 Å². The molecule has 6 nitrogen and oxygen atoms in total. The molecule has 0 aliphatic carbocycles. The largest absolute Gasteiger partial charge is 0.398 e. The molecule has 0 amide bonds. The predicted molar refractivity (Wildman–Crippen MR) is 69.5 cm³/mol. The van der Waals surface area contributed by atoms with Crippen LogP contribution in [0, 0.1) is 5.92 Å². The topological polar surface area (TPSA) is 94.3 Å². The fourth-order valence-corrected chi connectivity index (χ4v) is 2.35. The number of pyridine rings is 1. The molecule has 1 rings (SSSR count). The molecule has 0 bridgehead atoms. The number of sulfonamides is 1.